The third-order valence-electron chi connectivity index (χ3n) is 11.9. The minimum atomic E-state index is 0.822. The van der Waals surface area contributed by atoms with Crippen LogP contribution >= 0.6 is 22.7 Å². The summed E-state index contributed by atoms with van der Waals surface area (Å²) >= 11 is 3.52. The standard InChI is InChI=1S/C7H14.C7H8.C6H13N.2C6H7N.C5H6N2.C5H11NO.C5H7N.C5H6O.2C5H6S.2C4H5NO.13C2H6/c2*1-7-5-3-2-4-6-7;1-6-2-4-7-5-3-6;1-6-3-2-4-7-5-6;1-6-4-2-3-5-7-6;1-5-6-3-2-4-7-5;1-6-2-4-7-5-3-6;2*1-5-3-2-4-6-5;1-5-2-3-6-4-5;1-5-3-2-4-6-5;1-4-2-5-6-3-4;1-4-2-3-5-6-4;13*1-2/h7H,2-6H2,1H3;2-6H,1H3;6-7H,2-5H2,1H3;2*2-5H,1H3;2-4H,1H3;2-5H2,1H3;2-4,6H,1H3;3*2-4H,1H3;2*2-3H,1H3;13*1-2H3. The molecule has 3 aliphatic rings. The van der Waals surface area contributed by atoms with Crippen molar-refractivity contribution in [2.45, 2.75) is 308 Å². The molecule has 1 aromatic carbocycles. The highest BCUT2D eigenvalue weighted by Crippen LogP contribution is 2.22. The molecule has 0 radical (unpaired) electrons. The van der Waals surface area contributed by atoms with Crippen LogP contribution in [0.4, 0.5) is 0 Å². The minimum Gasteiger partial charge on any atom is -0.470 e. The molecule has 3 fully saturated rings. The van der Waals surface area contributed by atoms with Gasteiger partial charge in [0.2, 0.25) is 0 Å². The largest absolute Gasteiger partial charge is 0.470 e. The number of hydrogen-bond donors (Lipinski definition) is 2. The van der Waals surface area contributed by atoms with Gasteiger partial charge in [0.15, 0.2) is 0 Å². The third kappa shape index (κ3) is 127. The smallest absolute Gasteiger partial charge is 0.133 e. The first kappa shape index (κ1) is 133. The van der Waals surface area contributed by atoms with Crippen molar-refractivity contribution in [3.8, 4) is 0 Å². The van der Waals surface area contributed by atoms with Crippen LogP contribution in [0.1, 0.15) is 295 Å². The molecule has 9 aromatic heterocycles. The van der Waals surface area contributed by atoms with Crippen LogP contribution in [0.2, 0.25) is 0 Å². The Hall–Kier alpha value is -7.14. The maximum Gasteiger partial charge on any atom is 0.133 e. The lowest BCUT2D eigenvalue weighted by molar-refractivity contribution is 0.0503. The quantitative estimate of drug-likeness (QED) is 0.148. The minimum absolute atomic E-state index is 0.822. The van der Waals surface area contributed by atoms with Gasteiger partial charge in [-0.1, -0.05) is 290 Å². The van der Waals surface area contributed by atoms with Crippen LogP contribution in [0, 0.1) is 81.1 Å². The Kier molecular flexibility index (Phi) is 155. The van der Waals surface area contributed by atoms with E-state index in [9.17, 15) is 0 Å². The van der Waals surface area contributed by atoms with E-state index in [1.165, 1.54) is 85.3 Å². The van der Waals surface area contributed by atoms with Crippen LogP contribution in [0.5, 0.6) is 0 Å². The van der Waals surface area contributed by atoms with E-state index in [4.69, 9.17) is 9.15 Å². The molecule has 15 heteroatoms. The average Bonchev–Trinajstić information content (AvgIpc) is 1.62. The molecular formula is C96H179N9O4S2. The molecule has 13 rings (SSSR count). The summed E-state index contributed by atoms with van der Waals surface area (Å²) in [5, 5.41) is 16.5. The fraction of sp³-hybridized carbons (Fsp3) is 0.562. The summed E-state index contributed by atoms with van der Waals surface area (Å²) in [4.78, 5) is 22.3. The Morgan fingerprint density at radius 1 is 0.423 bits per heavy atom. The van der Waals surface area contributed by atoms with E-state index < -0.39 is 0 Å². The Morgan fingerprint density at radius 3 is 1.13 bits per heavy atom. The summed E-state index contributed by atoms with van der Waals surface area (Å²) in [6.07, 6.45) is 27.5. The number of rotatable bonds is 0. The number of H-pyrrole nitrogens is 1. The second-order valence-electron chi connectivity index (χ2n) is 20.5. The number of thiophene rings is 2. The number of pyridine rings is 2. The zero-order valence-corrected chi connectivity index (χ0v) is 81.0. The number of nitrogens with one attached hydrogen (secondary N) is 2. The van der Waals surface area contributed by atoms with Crippen molar-refractivity contribution in [2.24, 2.45) is 11.8 Å². The maximum atomic E-state index is 5.10. The van der Waals surface area contributed by atoms with Crippen LogP contribution in [-0.4, -0.2) is 86.6 Å². The lowest BCUT2D eigenvalue weighted by Crippen LogP contribution is -2.32. The van der Waals surface area contributed by atoms with Crippen molar-refractivity contribution >= 4 is 22.7 Å². The number of piperidine rings is 1. The molecule has 644 valence electrons. The fourth-order valence-electron chi connectivity index (χ4n) is 6.74. The number of ether oxygens (including phenoxy) is 1. The van der Waals surface area contributed by atoms with Crippen LogP contribution in [-0.2, 0) is 4.74 Å². The van der Waals surface area contributed by atoms with Crippen molar-refractivity contribution in [1.29, 1.82) is 0 Å². The predicted molar refractivity (Wildman–Crippen MR) is 505 cm³/mol. The molecule has 2 N–H and O–H groups in total. The van der Waals surface area contributed by atoms with E-state index in [1.807, 2.05) is 314 Å². The van der Waals surface area contributed by atoms with Gasteiger partial charge in [-0.25, -0.2) is 9.97 Å². The number of aryl methyl sites for hydroxylation is 10. The summed E-state index contributed by atoms with van der Waals surface area (Å²) in [6, 6.07) is 37.7. The fourth-order valence-corrected chi connectivity index (χ4v) is 7.94. The first-order chi connectivity index (χ1) is 54.1. The van der Waals surface area contributed by atoms with Crippen LogP contribution in [0.3, 0.4) is 0 Å². The number of furan rings is 1. The number of hydrogen-bond acceptors (Lipinski definition) is 14. The topological polar surface area (TPSA) is 157 Å². The van der Waals surface area contributed by atoms with Gasteiger partial charge >= 0.3 is 0 Å². The van der Waals surface area contributed by atoms with E-state index in [-0.39, 0.29) is 0 Å². The Morgan fingerprint density at radius 2 is 0.946 bits per heavy atom. The molecule has 1 saturated carbocycles. The first-order valence-electron chi connectivity index (χ1n) is 42.4. The predicted octanol–water partition coefficient (Wildman–Crippen LogP) is 31.4. The van der Waals surface area contributed by atoms with Gasteiger partial charge in [-0.05, 0) is 202 Å². The van der Waals surface area contributed by atoms with Crippen molar-refractivity contribution < 1.29 is 18.2 Å². The van der Waals surface area contributed by atoms with Gasteiger partial charge in [0.05, 0.1) is 31.9 Å². The Labute approximate surface area is 697 Å². The van der Waals surface area contributed by atoms with E-state index in [2.05, 4.69) is 143 Å². The van der Waals surface area contributed by atoms with E-state index >= 15 is 0 Å². The molecule has 1 aliphatic carbocycles. The van der Waals surface area contributed by atoms with Gasteiger partial charge in [-0.3, -0.25) is 9.97 Å². The van der Waals surface area contributed by atoms with Crippen LogP contribution in [0.25, 0.3) is 0 Å². The second-order valence-corrected chi connectivity index (χ2v) is 22.4. The highest BCUT2D eigenvalue weighted by atomic mass is 32.1. The molecule has 13 nitrogen and oxygen atoms in total. The first-order valence-corrected chi connectivity index (χ1v) is 44.2. The Balaban J connectivity index is -0.0000000831. The summed E-state index contributed by atoms with van der Waals surface area (Å²) in [5.41, 5.74) is 7.25. The summed E-state index contributed by atoms with van der Waals surface area (Å²) in [7, 11) is 2.11. The van der Waals surface area contributed by atoms with Gasteiger partial charge in [0.1, 0.15) is 23.6 Å². The number of aromatic nitrogens is 7. The van der Waals surface area contributed by atoms with Crippen LogP contribution in [0.15, 0.2) is 207 Å². The lowest BCUT2D eigenvalue weighted by Gasteiger charge is -2.21. The van der Waals surface area contributed by atoms with Crippen molar-refractivity contribution in [2.75, 3.05) is 46.4 Å². The molecule has 0 atom stereocenters. The number of likely N-dealkylation sites (N-methyl/N-ethyl adjacent to an activating group) is 1. The molecule has 0 unspecified atom stereocenters. The average molecular weight is 1590 g/mol. The molecular weight excluding hydrogens is 1410 g/mol. The van der Waals surface area contributed by atoms with Gasteiger partial charge in [-0.2, -0.15) is 11.3 Å². The summed E-state index contributed by atoms with van der Waals surface area (Å²) in [5.74, 6) is 4.66. The highest BCUT2D eigenvalue weighted by molar-refractivity contribution is 7.09. The van der Waals surface area contributed by atoms with Gasteiger partial charge < -0.3 is 33.4 Å². The SMILES string of the molecule is CC.CC.CC.CC.CC.CC.CC.CC.CC.CC.CC.CC.CC.CC1CCCCC1.CC1CCNCC1.CN1CCOCC1.Cc1ccc[nH]1.Cc1ccccc1.Cc1ccccn1.Cc1cccnc1.Cc1ccco1.Cc1cccs1.Cc1ccno1.Cc1ccsc1.Cc1cnoc1.Cc1ncccn1. The van der Waals surface area contributed by atoms with E-state index in [1.54, 1.807) is 84.5 Å². The molecule has 0 bridgehead atoms. The lowest BCUT2D eigenvalue weighted by atomic mass is 9.91. The van der Waals surface area contributed by atoms with Gasteiger partial charge in [0, 0.05) is 78.2 Å². The number of nitrogens with zero attached hydrogens (tertiary/aromatic N) is 7. The third-order valence-corrected chi connectivity index (χ3v) is 13.5. The maximum absolute atomic E-state index is 5.10. The number of aromatic amines is 1. The normalized spacial score (nSPS) is 10.5. The van der Waals surface area contributed by atoms with Crippen molar-refractivity contribution in [3.63, 3.8) is 0 Å². The molecule has 2 saturated heterocycles. The molecule has 10 aromatic rings. The monoisotopic (exact) mass is 1590 g/mol. The van der Waals surface area contributed by atoms with Crippen LogP contribution < -0.4 is 5.32 Å². The van der Waals surface area contributed by atoms with Gasteiger partial charge in [-0.15, -0.1) is 11.3 Å². The highest BCUT2D eigenvalue weighted by Gasteiger charge is 2.06. The zero-order valence-electron chi connectivity index (χ0n) is 79.4. The number of benzene rings is 1. The van der Waals surface area contributed by atoms with Crippen molar-refractivity contribution in [3.05, 3.63) is 249 Å². The molecule has 111 heavy (non-hydrogen) atoms. The summed E-state index contributed by atoms with van der Waals surface area (Å²) in [6.45, 7) is 83.0. The number of morpholine rings is 1. The molecule has 0 spiro atoms. The summed E-state index contributed by atoms with van der Waals surface area (Å²) < 4.78 is 19.0. The Bertz CT molecular complexity index is 2340. The zero-order chi connectivity index (χ0) is 88.2. The van der Waals surface area contributed by atoms with E-state index in [0.717, 1.165) is 66.7 Å². The second kappa shape index (κ2) is 129. The van der Waals surface area contributed by atoms with E-state index in [0.29, 0.717) is 0 Å². The van der Waals surface area contributed by atoms with Gasteiger partial charge in [0.25, 0.3) is 0 Å². The van der Waals surface area contributed by atoms with Crippen molar-refractivity contribution in [1.82, 2.24) is 45.4 Å². The molecule has 11 heterocycles. The molecule has 0 amide bonds. The molecule has 2 aliphatic heterocycles.